The Bertz CT molecular complexity index is 1370. The van der Waals surface area contributed by atoms with Gasteiger partial charge in [-0.2, -0.15) is 0 Å². The summed E-state index contributed by atoms with van der Waals surface area (Å²) < 4.78 is 1.94. The molecular formula is C36H37Cl2Zr. The van der Waals surface area contributed by atoms with E-state index in [1.807, 2.05) is 0 Å². The molecule has 0 amide bonds. The van der Waals surface area contributed by atoms with Crippen molar-refractivity contribution in [2.24, 2.45) is 0 Å². The van der Waals surface area contributed by atoms with E-state index in [1.165, 1.54) is 55.2 Å². The summed E-state index contributed by atoms with van der Waals surface area (Å²) in [6.45, 7) is 5.07. The number of hydrogen-bond acceptors (Lipinski definition) is 0. The summed E-state index contributed by atoms with van der Waals surface area (Å²) in [4.78, 5) is 0. The van der Waals surface area contributed by atoms with Crippen LogP contribution in [0.4, 0.5) is 0 Å². The molecular weight excluding hydrogens is 595 g/mol. The van der Waals surface area contributed by atoms with E-state index in [2.05, 4.69) is 111 Å². The van der Waals surface area contributed by atoms with E-state index < -0.39 is 21.8 Å². The number of benzene rings is 3. The number of rotatable bonds is 6. The van der Waals surface area contributed by atoms with E-state index >= 15 is 0 Å². The molecule has 0 spiro atoms. The van der Waals surface area contributed by atoms with Gasteiger partial charge in [-0.3, -0.25) is 0 Å². The van der Waals surface area contributed by atoms with Gasteiger partial charge in [0.25, 0.3) is 0 Å². The normalized spacial score (nSPS) is 21.8. The molecule has 199 valence electrons. The van der Waals surface area contributed by atoms with Gasteiger partial charge in [-0.05, 0) is 0 Å². The third-order valence-corrected chi connectivity index (χ3v) is 21.9. The van der Waals surface area contributed by atoms with Crippen molar-refractivity contribution < 1.29 is 46.6 Å². The van der Waals surface area contributed by atoms with Crippen LogP contribution in [0.15, 0.2) is 90.0 Å². The average Bonchev–Trinajstić information content (AvgIpc) is 3.61. The van der Waals surface area contributed by atoms with Gasteiger partial charge >= 0.3 is 232 Å². The molecule has 3 aromatic carbocycles. The summed E-state index contributed by atoms with van der Waals surface area (Å²) in [6.07, 6.45) is 17.9. The molecule has 0 N–H and O–H groups in total. The van der Waals surface area contributed by atoms with Crippen LogP contribution < -0.4 is 24.8 Å². The first-order valence-electron chi connectivity index (χ1n) is 14.5. The van der Waals surface area contributed by atoms with Gasteiger partial charge in [0.15, 0.2) is 0 Å². The molecule has 3 aliphatic carbocycles. The van der Waals surface area contributed by atoms with Crippen molar-refractivity contribution in [2.75, 3.05) is 0 Å². The van der Waals surface area contributed by atoms with E-state index in [0.29, 0.717) is 9.04 Å². The number of allylic oxidation sites excluding steroid dienone is 3. The third kappa shape index (κ3) is 4.72. The van der Waals surface area contributed by atoms with Gasteiger partial charge < -0.3 is 24.8 Å². The summed E-state index contributed by atoms with van der Waals surface area (Å²) in [5, 5.41) is 0. The van der Waals surface area contributed by atoms with Crippen molar-refractivity contribution >= 4 is 18.2 Å². The first-order chi connectivity index (χ1) is 18.2. The zero-order valence-electron chi connectivity index (χ0n) is 23.0. The topological polar surface area (TPSA) is 0 Å². The Hall–Kier alpha value is -1.66. The molecule has 0 aromatic heterocycles. The molecule has 4 aliphatic rings. The van der Waals surface area contributed by atoms with Crippen LogP contribution in [-0.2, 0) is 21.8 Å². The smallest absolute Gasteiger partial charge is 1.00 e. The summed E-state index contributed by atoms with van der Waals surface area (Å²) in [6, 6.07) is 27.9. The van der Waals surface area contributed by atoms with Crippen LogP contribution in [-0.4, -0.2) is 0 Å². The largest absolute Gasteiger partial charge is 1.00 e. The van der Waals surface area contributed by atoms with Gasteiger partial charge in [-0.15, -0.1) is 0 Å². The van der Waals surface area contributed by atoms with Crippen LogP contribution in [0.5, 0.6) is 0 Å². The minimum atomic E-state index is -2.26. The Kier molecular flexibility index (Phi) is 8.64. The van der Waals surface area contributed by atoms with Crippen molar-refractivity contribution in [1.29, 1.82) is 0 Å². The van der Waals surface area contributed by atoms with Gasteiger partial charge in [-0.1, -0.05) is 0 Å². The Morgan fingerprint density at radius 2 is 1.15 bits per heavy atom. The Balaban J connectivity index is 0.00000154. The Morgan fingerprint density at radius 3 is 1.69 bits per heavy atom. The van der Waals surface area contributed by atoms with Crippen LogP contribution in [0, 0.1) is 0 Å². The van der Waals surface area contributed by atoms with E-state index in [1.54, 1.807) is 27.8 Å². The molecule has 7 rings (SSSR count). The van der Waals surface area contributed by atoms with Gasteiger partial charge in [-0.25, -0.2) is 0 Å². The van der Waals surface area contributed by atoms with Crippen molar-refractivity contribution in [3.63, 3.8) is 0 Å². The van der Waals surface area contributed by atoms with Crippen LogP contribution >= 0.6 is 0 Å². The minimum absolute atomic E-state index is 0. The van der Waals surface area contributed by atoms with Crippen LogP contribution in [0.1, 0.15) is 98.9 Å². The first-order valence-corrected chi connectivity index (χ1v) is 18.5. The standard InChI is InChI=1S/C20H16.C16H21.2ClH.Zr/c1-2-6-18-12-15(11-17(18)5-1)9-10-16-13-19-7-3-4-8-20(19)14-16;1-3-13(4-2)9-10-15-12-11-14-7-5-6-8-16(14)15;;;/h1-8,11-14H,9-10H2;5-8,11-12,15H,3-4,9-10H2,1-2H3;2*1H;/q;;;;+2/p-2. The molecule has 39 heavy (non-hydrogen) atoms. The second-order valence-corrected chi connectivity index (χ2v) is 19.3. The molecule has 3 unspecified atom stereocenters. The Morgan fingerprint density at radius 1 is 0.667 bits per heavy atom. The second kappa shape index (κ2) is 11.7. The zero-order chi connectivity index (χ0) is 25.0. The molecule has 1 saturated heterocycles. The van der Waals surface area contributed by atoms with Crippen molar-refractivity contribution in [2.45, 2.75) is 68.7 Å². The minimum Gasteiger partial charge on any atom is -1.00 e. The average molecular weight is 632 g/mol. The number of halogens is 2. The molecule has 0 saturated carbocycles. The van der Waals surface area contributed by atoms with Gasteiger partial charge in [0.05, 0.1) is 0 Å². The molecule has 3 atom stereocenters. The molecule has 3 aromatic rings. The van der Waals surface area contributed by atoms with Crippen molar-refractivity contribution in [3.8, 4) is 0 Å². The van der Waals surface area contributed by atoms with E-state index in [9.17, 15) is 0 Å². The molecule has 1 heterocycles. The van der Waals surface area contributed by atoms with Crippen LogP contribution in [0.3, 0.4) is 0 Å². The fraction of sp³-hybridized carbons (Fsp3) is 0.333. The fourth-order valence-electron chi connectivity index (χ4n) is 8.17. The predicted molar refractivity (Wildman–Crippen MR) is 154 cm³/mol. The quantitative estimate of drug-likeness (QED) is 0.382. The van der Waals surface area contributed by atoms with Crippen LogP contribution in [0.2, 0.25) is 3.12 Å². The van der Waals surface area contributed by atoms with Crippen LogP contribution in [0.25, 0.3) is 18.2 Å². The SMILES string of the molecule is CC[C](CC)(CCC1C=Cc2ccccc21)[Zr+2]1[CH]2C(=Cc3ccccc32)CCC2=Cc3ccccc3[CH]21.[Cl-].[Cl-]. The van der Waals surface area contributed by atoms with Crippen molar-refractivity contribution in [1.82, 2.24) is 0 Å². The maximum absolute atomic E-state index is 2.61. The summed E-state index contributed by atoms with van der Waals surface area (Å²) in [5.41, 5.74) is 12.9. The van der Waals surface area contributed by atoms with E-state index in [4.69, 9.17) is 0 Å². The Labute approximate surface area is 255 Å². The fourth-order valence-corrected chi connectivity index (χ4v) is 21.1. The van der Waals surface area contributed by atoms with E-state index in [-0.39, 0.29) is 24.8 Å². The maximum Gasteiger partial charge on any atom is -1.00 e. The van der Waals surface area contributed by atoms with Gasteiger partial charge in [0, 0.05) is 0 Å². The third-order valence-electron chi connectivity index (χ3n) is 10.2. The molecule has 0 radical (unpaired) electrons. The molecule has 1 fully saturated rings. The molecule has 3 heteroatoms. The number of fused-ring (bicyclic) bond motifs is 7. The van der Waals surface area contributed by atoms with Crippen molar-refractivity contribution in [3.05, 3.63) is 123 Å². The first kappa shape index (κ1) is 28.9. The summed E-state index contributed by atoms with van der Waals surface area (Å²) in [7, 11) is 0. The molecule has 0 bridgehead atoms. The molecule has 1 aliphatic heterocycles. The van der Waals surface area contributed by atoms with E-state index in [0.717, 1.165) is 7.25 Å². The predicted octanol–water partition coefficient (Wildman–Crippen LogP) is 4.25. The monoisotopic (exact) mass is 629 g/mol. The van der Waals surface area contributed by atoms with Gasteiger partial charge in [0.2, 0.25) is 0 Å². The molecule has 0 nitrogen and oxygen atoms in total. The summed E-state index contributed by atoms with van der Waals surface area (Å²) >= 11 is -2.26. The summed E-state index contributed by atoms with van der Waals surface area (Å²) in [5.74, 6) is 0.584. The maximum atomic E-state index is 2.61. The second-order valence-electron chi connectivity index (χ2n) is 11.6. The number of hydrogen-bond donors (Lipinski definition) is 0. The zero-order valence-corrected chi connectivity index (χ0v) is 26.9. The van der Waals surface area contributed by atoms with Gasteiger partial charge in [0.1, 0.15) is 0 Å².